The van der Waals surface area contributed by atoms with Crippen LogP contribution in [0.2, 0.25) is 0 Å². The predicted octanol–water partition coefficient (Wildman–Crippen LogP) is 3.08. The minimum atomic E-state index is -0.511. The Balaban J connectivity index is 2.62. The van der Waals surface area contributed by atoms with Gasteiger partial charge in [0, 0.05) is 11.4 Å². The second kappa shape index (κ2) is 5.97. The Morgan fingerprint density at radius 2 is 2.06 bits per heavy atom. The third-order valence-electron chi connectivity index (χ3n) is 1.90. The van der Waals surface area contributed by atoms with E-state index in [9.17, 15) is 4.79 Å². The van der Waals surface area contributed by atoms with Crippen LogP contribution in [0.3, 0.4) is 0 Å². The van der Waals surface area contributed by atoms with Crippen LogP contribution in [0.15, 0.2) is 24.3 Å². The second-order valence-corrected chi connectivity index (χ2v) is 4.77. The first-order chi connectivity index (χ1) is 8.40. The number of anilines is 2. The summed E-state index contributed by atoms with van der Waals surface area (Å²) in [6, 6.07) is 7.27. The monoisotopic (exact) mass is 246 g/mol. The highest BCUT2D eigenvalue weighted by molar-refractivity contribution is 5.85. The van der Waals surface area contributed by atoms with Gasteiger partial charge in [0.1, 0.15) is 5.60 Å². The highest BCUT2D eigenvalue weighted by Crippen LogP contribution is 2.16. The summed E-state index contributed by atoms with van der Waals surface area (Å²) >= 11 is 0. The van der Waals surface area contributed by atoms with Crippen molar-refractivity contribution in [2.75, 3.05) is 17.2 Å². The van der Waals surface area contributed by atoms with E-state index in [1.54, 1.807) is 12.1 Å². The summed E-state index contributed by atoms with van der Waals surface area (Å²) in [6.07, 6.45) is 4.69. The van der Waals surface area contributed by atoms with E-state index in [0.29, 0.717) is 12.2 Å². The SMILES string of the molecule is C#CCNc1cccc(NC(=O)OC(C)(C)C)c1. The summed E-state index contributed by atoms with van der Waals surface area (Å²) in [5, 5.41) is 5.69. The Hall–Kier alpha value is -2.15. The molecule has 2 N–H and O–H groups in total. The van der Waals surface area contributed by atoms with Crippen LogP contribution in [0.5, 0.6) is 0 Å². The molecule has 1 aromatic rings. The van der Waals surface area contributed by atoms with Gasteiger partial charge < -0.3 is 10.1 Å². The maximum Gasteiger partial charge on any atom is 0.412 e. The fourth-order valence-electron chi connectivity index (χ4n) is 1.28. The van der Waals surface area contributed by atoms with Crippen molar-refractivity contribution in [2.24, 2.45) is 0 Å². The first kappa shape index (κ1) is 13.9. The summed E-state index contributed by atoms with van der Waals surface area (Å²) in [5.74, 6) is 2.48. The molecule has 0 radical (unpaired) electrons. The van der Waals surface area contributed by atoms with Crippen molar-refractivity contribution in [1.82, 2.24) is 0 Å². The fourth-order valence-corrected chi connectivity index (χ4v) is 1.28. The predicted molar refractivity (Wildman–Crippen MR) is 73.6 cm³/mol. The van der Waals surface area contributed by atoms with E-state index in [-0.39, 0.29) is 0 Å². The number of hydrogen-bond donors (Lipinski definition) is 2. The average molecular weight is 246 g/mol. The quantitative estimate of drug-likeness (QED) is 0.806. The van der Waals surface area contributed by atoms with Crippen molar-refractivity contribution in [3.05, 3.63) is 24.3 Å². The maximum absolute atomic E-state index is 11.6. The van der Waals surface area contributed by atoms with Crippen LogP contribution in [0.25, 0.3) is 0 Å². The minimum absolute atomic E-state index is 0.440. The summed E-state index contributed by atoms with van der Waals surface area (Å²) in [7, 11) is 0. The van der Waals surface area contributed by atoms with E-state index in [2.05, 4.69) is 16.6 Å². The normalized spacial score (nSPS) is 10.3. The zero-order valence-electron chi connectivity index (χ0n) is 10.9. The molecular weight excluding hydrogens is 228 g/mol. The Labute approximate surface area is 108 Å². The molecule has 0 aromatic heterocycles. The fraction of sp³-hybridized carbons (Fsp3) is 0.357. The van der Waals surface area contributed by atoms with Crippen LogP contribution in [0.4, 0.5) is 16.2 Å². The first-order valence-electron chi connectivity index (χ1n) is 5.68. The molecule has 18 heavy (non-hydrogen) atoms. The molecule has 1 rings (SSSR count). The zero-order chi connectivity index (χ0) is 13.6. The van der Waals surface area contributed by atoms with E-state index in [1.807, 2.05) is 32.9 Å². The van der Waals surface area contributed by atoms with Gasteiger partial charge in [0.05, 0.1) is 6.54 Å². The van der Waals surface area contributed by atoms with E-state index < -0.39 is 11.7 Å². The zero-order valence-corrected chi connectivity index (χ0v) is 10.9. The Kier molecular flexibility index (Phi) is 4.61. The van der Waals surface area contributed by atoms with Crippen LogP contribution in [0, 0.1) is 12.3 Å². The van der Waals surface area contributed by atoms with Crippen LogP contribution < -0.4 is 10.6 Å². The molecule has 0 aliphatic carbocycles. The number of hydrogen-bond acceptors (Lipinski definition) is 3. The second-order valence-electron chi connectivity index (χ2n) is 4.77. The highest BCUT2D eigenvalue weighted by atomic mass is 16.6. The first-order valence-corrected chi connectivity index (χ1v) is 5.68. The molecule has 0 spiro atoms. The van der Waals surface area contributed by atoms with Crippen molar-refractivity contribution in [3.63, 3.8) is 0 Å². The minimum Gasteiger partial charge on any atom is -0.444 e. The van der Waals surface area contributed by atoms with E-state index >= 15 is 0 Å². The molecule has 4 nitrogen and oxygen atoms in total. The molecule has 4 heteroatoms. The maximum atomic E-state index is 11.6. The van der Waals surface area contributed by atoms with Crippen LogP contribution in [-0.4, -0.2) is 18.2 Å². The highest BCUT2D eigenvalue weighted by Gasteiger charge is 2.16. The van der Waals surface area contributed by atoms with Gasteiger partial charge in [-0.15, -0.1) is 6.42 Å². The lowest BCUT2D eigenvalue weighted by Crippen LogP contribution is -2.27. The Morgan fingerprint density at radius 3 is 2.67 bits per heavy atom. The largest absolute Gasteiger partial charge is 0.444 e. The lowest BCUT2D eigenvalue weighted by Gasteiger charge is -2.19. The molecule has 0 heterocycles. The molecule has 0 saturated heterocycles. The summed E-state index contributed by atoms with van der Waals surface area (Å²) in [5.41, 5.74) is 0.997. The summed E-state index contributed by atoms with van der Waals surface area (Å²) in [4.78, 5) is 11.6. The van der Waals surface area contributed by atoms with E-state index in [1.165, 1.54) is 0 Å². The number of carbonyl (C=O) groups excluding carboxylic acids is 1. The number of benzene rings is 1. The molecule has 0 unspecified atom stereocenters. The Bertz CT molecular complexity index is 456. The number of terminal acetylenes is 1. The van der Waals surface area contributed by atoms with Crippen molar-refractivity contribution < 1.29 is 9.53 Å². The molecule has 0 aliphatic rings. The van der Waals surface area contributed by atoms with Crippen molar-refractivity contribution >= 4 is 17.5 Å². The van der Waals surface area contributed by atoms with Gasteiger partial charge >= 0.3 is 6.09 Å². The van der Waals surface area contributed by atoms with Crippen LogP contribution in [-0.2, 0) is 4.74 Å². The summed E-state index contributed by atoms with van der Waals surface area (Å²) < 4.78 is 5.16. The molecule has 0 fully saturated rings. The van der Waals surface area contributed by atoms with Gasteiger partial charge in [0.15, 0.2) is 0 Å². The molecule has 0 atom stereocenters. The molecular formula is C14H18N2O2. The van der Waals surface area contributed by atoms with Crippen molar-refractivity contribution in [1.29, 1.82) is 0 Å². The van der Waals surface area contributed by atoms with E-state index in [4.69, 9.17) is 11.2 Å². The lowest BCUT2D eigenvalue weighted by molar-refractivity contribution is 0.0636. The number of ether oxygens (including phenoxy) is 1. The number of nitrogens with one attached hydrogen (secondary N) is 2. The molecule has 0 bridgehead atoms. The Morgan fingerprint density at radius 1 is 1.39 bits per heavy atom. The van der Waals surface area contributed by atoms with Gasteiger partial charge in [0.25, 0.3) is 0 Å². The van der Waals surface area contributed by atoms with Crippen molar-refractivity contribution in [2.45, 2.75) is 26.4 Å². The van der Waals surface area contributed by atoms with Crippen LogP contribution >= 0.6 is 0 Å². The van der Waals surface area contributed by atoms with E-state index in [0.717, 1.165) is 5.69 Å². The number of carbonyl (C=O) groups is 1. The summed E-state index contributed by atoms with van der Waals surface area (Å²) in [6.45, 7) is 5.89. The third kappa shape index (κ3) is 5.26. The average Bonchev–Trinajstić information content (AvgIpc) is 2.24. The smallest absolute Gasteiger partial charge is 0.412 e. The van der Waals surface area contributed by atoms with Gasteiger partial charge in [-0.1, -0.05) is 12.0 Å². The molecule has 1 aromatic carbocycles. The standard InChI is InChI=1S/C14H18N2O2/c1-5-9-15-11-7-6-8-12(10-11)16-13(17)18-14(2,3)4/h1,6-8,10,15H,9H2,2-4H3,(H,16,17). The van der Waals surface area contributed by atoms with Gasteiger partial charge in [-0.05, 0) is 39.0 Å². The molecule has 96 valence electrons. The third-order valence-corrected chi connectivity index (χ3v) is 1.90. The lowest BCUT2D eigenvalue weighted by atomic mass is 10.2. The molecule has 1 amide bonds. The van der Waals surface area contributed by atoms with Crippen LogP contribution in [0.1, 0.15) is 20.8 Å². The van der Waals surface area contributed by atoms with Gasteiger partial charge in [-0.25, -0.2) is 4.79 Å². The number of rotatable bonds is 3. The molecule has 0 aliphatic heterocycles. The number of amides is 1. The molecule has 0 saturated carbocycles. The van der Waals surface area contributed by atoms with Crippen molar-refractivity contribution in [3.8, 4) is 12.3 Å². The van der Waals surface area contributed by atoms with Gasteiger partial charge in [-0.3, -0.25) is 5.32 Å². The van der Waals surface area contributed by atoms with Gasteiger partial charge in [0.2, 0.25) is 0 Å². The van der Waals surface area contributed by atoms with Gasteiger partial charge in [-0.2, -0.15) is 0 Å². The topological polar surface area (TPSA) is 50.4 Å².